The van der Waals surface area contributed by atoms with Gasteiger partial charge in [-0.05, 0) is 78.5 Å². The van der Waals surface area contributed by atoms with Crippen molar-refractivity contribution in [2.45, 2.75) is 87.9 Å². The third-order valence-corrected chi connectivity index (χ3v) is 8.57. The van der Waals surface area contributed by atoms with Gasteiger partial charge in [-0.2, -0.15) is 0 Å². The van der Waals surface area contributed by atoms with Gasteiger partial charge in [0.1, 0.15) is 0 Å². The smallest absolute Gasteiger partial charge is 0.320 e. The van der Waals surface area contributed by atoms with Crippen molar-refractivity contribution >= 4 is 11.9 Å². The maximum absolute atomic E-state index is 13.7. The Bertz CT molecular complexity index is 902. The molecule has 0 unspecified atom stereocenters. The van der Waals surface area contributed by atoms with Gasteiger partial charge in [-0.1, -0.05) is 30.3 Å². The molecule has 2 saturated carbocycles. The van der Waals surface area contributed by atoms with Crippen LogP contribution in [0, 0.1) is 0 Å². The predicted octanol–water partition coefficient (Wildman–Crippen LogP) is 3.32. The molecule has 0 atom stereocenters. The highest BCUT2D eigenvalue weighted by Crippen LogP contribution is 2.50. The first kappa shape index (κ1) is 25.0. The number of amides is 3. The topological polar surface area (TPSA) is 76.1 Å². The number of benzene rings is 1. The molecule has 2 N–H and O–H groups in total. The fourth-order valence-electron chi connectivity index (χ4n) is 6.57. The molecule has 7 heteroatoms. The largest absolute Gasteiger partial charge is 0.388 e. The van der Waals surface area contributed by atoms with Crippen LogP contribution >= 0.6 is 0 Å². The molecule has 3 amide bonds. The molecular formula is C27H42N4O3. The van der Waals surface area contributed by atoms with Crippen LogP contribution in [-0.4, -0.2) is 82.2 Å². The Balaban J connectivity index is 1.60. The fraction of sp³-hybridized carbons (Fsp3) is 0.704. The number of nitrogens with one attached hydrogen (secondary N) is 1. The lowest BCUT2D eigenvalue weighted by molar-refractivity contribution is -0.120. The van der Waals surface area contributed by atoms with E-state index >= 15 is 0 Å². The van der Waals surface area contributed by atoms with Crippen molar-refractivity contribution in [1.29, 1.82) is 0 Å². The lowest BCUT2D eigenvalue weighted by Crippen LogP contribution is -2.59. The molecule has 34 heavy (non-hydrogen) atoms. The van der Waals surface area contributed by atoms with E-state index in [1.54, 1.807) is 0 Å². The third-order valence-electron chi connectivity index (χ3n) is 8.57. The van der Waals surface area contributed by atoms with Crippen molar-refractivity contribution in [1.82, 2.24) is 20.0 Å². The number of urea groups is 1. The molecule has 1 heterocycles. The van der Waals surface area contributed by atoms with Crippen LogP contribution in [-0.2, 0) is 10.3 Å². The van der Waals surface area contributed by atoms with Crippen LogP contribution in [0.1, 0.15) is 71.3 Å². The number of aliphatic hydroxyl groups is 1. The van der Waals surface area contributed by atoms with Gasteiger partial charge >= 0.3 is 6.03 Å². The van der Waals surface area contributed by atoms with E-state index in [4.69, 9.17) is 0 Å². The Morgan fingerprint density at radius 1 is 1.09 bits per heavy atom. The summed E-state index contributed by atoms with van der Waals surface area (Å²) in [5.74, 6) is -0.0942. The van der Waals surface area contributed by atoms with Crippen LogP contribution in [0.3, 0.4) is 0 Å². The van der Waals surface area contributed by atoms with Crippen LogP contribution in [0.5, 0.6) is 0 Å². The summed E-state index contributed by atoms with van der Waals surface area (Å²) in [6, 6.07) is 10.7. The summed E-state index contributed by atoms with van der Waals surface area (Å²) in [5.41, 5.74) is -0.299. The number of hydrogen-bond donors (Lipinski definition) is 2. The summed E-state index contributed by atoms with van der Waals surface area (Å²) in [5, 5.41) is 14.0. The first-order valence-corrected chi connectivity index (χ1v) is 12.7. The second-order valence-electron chi connectivity index (χ2n) is 11.9. The van der Waals surface area contributed by atoms with Gasteiger partial charge < -0.3 is 20.2 Å². The van der Waals surface area contributed by atoms with Gasteiger partial charge in [-0.25, -0.2) is 4.79 Å². The molecule has 1 aromatic carbocycles. The highest BCUT2D eigenvalue weighted by Gasteiger charge is 2.56. The van der Waals surface area contributed by atoms with Crippen molar-refractivity contribution in [2.24, 2.45) is 0 Å². The molecule has 7 nitrogen and oxygen atoms in total. The van der Waals surface area contributed by atoms with E-state index in [0.717, 1.165) is 44.9 Å². The zero-order valence-corrected chi connectivity index (χ0v) is 21.6. The Hall–Kier alpha value is -2.12. The first-order valence-electron chi connectivity index (χ1n) is 12.7. The van der Waals surface area contributed by atoms with Gasteiger partial charge in [0.05, 0.1) is 23.2 Å². The minimum Gasteiger partial charge on any atom is -0.388 e. The molecule has 1 spiro atoms. The molecule has 3 aliphatic rings. The number of nitrogens with zero attached hydrogens (tertiary/aromatic N) is 3. The van der Waals surface area contributed by atoms with Crippen LogP contribution in [0.2, 0.25) is 0 Å². The monoisotopic (exact) mass is 470 g/mol. The van der Waals surface area contributed by atoms with E-state index < -0.39 is 11.1 Å². The molecule has 0 aromatic heterocycles. The van der Waals surface area contributed by atoms with Crippen molar-refractivity contribution in [3.8, 4) is 0 Å². The van der Waals surface area contributed by atoms with E-state index in [2.05, 4.69) is 54.6 Å². The second kappa shape index (κ2) is 8.83. The van der Waals surface area contributed by atoms with Gasteiger partial charge in [0.15, 0.2) is 0 Å². The zero-order chi connectivity index (χ0) is 24.8. The van der Waals surface area contributed by atoms with Crippen LogP contribution in [0.4, 0.5) is 4.79 Å². The van der Waals surface area contributed by atoms with Gasteiger partial charge in [0.25, 0.3) is 0 Å². The average Bonchev–Trinajstić information content (AvgIpc) is 2.97. The molecular weight excluding hydrogens is 428 g/mol. The Morgan fingerprint density at radius 3 is 2.21 bits per heavy atom. The van der Waals surface area contributed by atoms with Crippen LogP contribution < -0.4 is 5.32 Å². The Kier molecular flexibility index (Phi) is 6.49. The quantitative estimate of drug-likeness (QED) is 0.641. The van der Waals surface area contributed by atoms with Gasteiger partial charge in [0.2, 0.25) is 5.91 Å². The SMILES string of the molecule is CC(=O)NC(C)(C)CN1CC2(CCC(c3ccccc3)(N(C)C)CC2)N(CC2(O)CCC2)C1=O. The van der Waals surface area contributed by atoms with Gasteiger partial charge in [-0.15, -0.1) is 0 Å². The summed E-state index contributed by atoms with van der Waals surface area (Å²) in [6.07, 6.45) is 6.22. The number of carbonyl (C=O) groups is 2. The van der Waals surface area contributed by atoms with E-state index in [9.17, 15) is 14.7 Å². The number of hydrogen-bond acceptors (Lipinski definition) is 4. The third kappa shape index (κ3) is 4.57. The van der Waals surface area contributed by atoms with Crippen molar-refractivity contribution < 1.29 is 14.7 Å². The maximum atomic E-state index is 13.7. The zero-order valence-electron chi connectivity index (χ0n) is 21.6. The molecule has 1 saturated heterocycles. The second-order valence-corrected chi connectivity index (χ2v) is 11.9. The molecule has 2 aliphatic carbocycles. The number of carbonyl (C=O) groups excluding carboxylic acids is 2. The predicted molar refractivity (Wildman–Crippen MR) is 133 cm³/mol. The summed E-state index contributed by atoms with van der Waals surface area (Å²) >= 11 is 0. The van der Waals surface area contributed by atoms with Crippen LogP contribution in [0.15, 0.2) is 30.3 Å². The molecule has 4 rings (SSSR count). The average molecular weight is 471 g/mol. The Labute approximate surface area is 204 Å². The van der Waals surface area contributed by atoms with Gasteiger partial charge in [0, 0.05) is 25.6 Å². The summed E-state index contributed by atoms with van der Waals surface area (Å²) in [7, 11) is 4.31. The molecule has 0 radical (unpaired) electrons. The maximum Gasteiger partial charge on any atom is 0.320 e. The lowest BCUT2D eigenvalue weighted by atomic mass is 9.67. The van der Waals surface area contributed by atoms with E-state index in [1.165, 1.54) is 12.5 Å². The number of β-amino-alcohol motifs (C(OH)–C–C–N with tert-alkyl or cyclic N) is 1. The summed E-state index contributed by atoms with van der Waals surface area (Å²) < 4.78 is 0. The van der Waals surface area contributed by atoms with Crippen molar-refractivity contribution in [3.63, 3.8) is 0 Å². The Morgan fingerprint density at radius 2 is 1.71 bits per heavy atom. The molecule has 188 valence electrons. The van der Waals surface area contributed by atoms with E-state index in [1.807, 2.05) is 23.6 Å². The minimum atomic E-state index is -0.763. The van der Waals surface area contributed by atoms with Crippen LogP contribution in [0.25, 0.3) is 0 Å². The standard InChI is InChI=1S/C27H42N4O3/c1-21(32)28-24(2,3)18-30-19-25(31(23(30)33)20-26(34)12-9-13-26)14-16-27(17-15-25,29(4)5)22-10-7-6-8-11-22/h6-8,10-11,34H,9,12-20H2,1-5H3,(H,28,32). The lowest BCUT2D eigenvalue weighted by Gasteiger charge is -2.52. The van der Waals surface area contributed by atoms with Crippen molar-refractivity contribution in [3.05, 3.63) is 35.9 Å². The van der Waals surface area contributed by atoms with Crippen molar-refractivity contribution in [2.75, 3.05) is 33.7 Å². The highest BCUT2D eigenvalue weighted by atomic mass is 16.3. The molecule has 1 aliphatic heterocycles. The molecule has 1 aromatic rings. The molecule has 0 bridgehead atoms. The fourth-order valence-corrected chi connectivity index (χ4v) is 6.57. The summed E-state index contributed by atoms with van der Waals surface area (Å²) in [4.78, 5) is 31.7. The molecule has 3 fully saturated rings. The van der Waals surface area contributed by atoms with Gasteiger partial charge in [-0.3, -0.25) is 9.69 Å². The minimum absolute atomic E-state index is 0.00387. The van der Waals surface area contributed by atoms with E-state index in [0.29, 0.717) is 19.6 Å². The first-order chi connectivity index (χ1) is 15.9. The number of rotatable bonds is 7. The normalized spacial score (nSPS) is 29.0. The summed E-state index contributed by atoms with van der Waals surface area (Å²) in [6.45, 7) is 6.94. The highest BCUT2D eigenvalue weighted by molar-refractivity contribution is 5.79. The van der Waals surface area contributed by atoms with E-state index in [-0.39, 0.29) is 23.0 Å².